The van der Waals surface area contributed by atoms with E-state index in [0.29, 0.717) is 5.56 Å². The van der Waals surface area contributed by atoms with Gasteiger partial charge in [0, 0.05) is 16.4 Å². The van der Waals surface area contributed by atoms with Crippen molar-refractivity contribution in [3.05, 3.63) is 29.8 Å². The number of hydrogen-bond acceptors (Lipinski definition) is 3. The highest BCUT2D eigenvalue weighted by molar-refractivity contribution is 8.33. The number of hydrogen-bond donors (Lipinski definition) is 0. The Labute approximate surface area is 221 Å². The van der Waals surface area contributed by atoms with Crippen molar-refractivity contribution in [2.24, 2.45) is 0 Å². The van der Waals surface area contributed by atoms with Crippen LogP contribution < -0.4 is 0 Å². The molecule has 0 saturated carbocycles. The van der Waals surface area contributed by atoms with Gasteiger partial charge in [0.15, 0.2) is 0 Å². The Hall–Kier alpha value is -1.71. The summed E-state index contributed by atoms with van der Waals surface area (Å²) in [5.41, 5.74) is 0.449. The number of halogens is 17. The molecule has 3 nitrogen and oxygen atoms in total. The molecule has 0 spiro atoms. The quantitative estimate of drug-likeness (QED) is 0.208. The van der Waals surface area contributed by atoms with Gasteiger partial charge in [0.25, 0.3) is 0 Å². The van der Waals surface area contributed by atoms with Crippen LogP contribution >= 0.6 is 10.3 Å². The molecular formula is C19H17F17O3S2. The van der Waals surface area contributed by atoms with E-state index in [1.54, 1.807) is 0 Å². The minimum atomic E-state index is -8.89. The van der Waals surface area contributed by atoms with Crippen molar-refractivity contribution in [3.8, 4) is 0 Å². The Kier molecular flexibility index (Phi) is 9.53. The van der Waals surface area contributed by atoms with Gasteiger partial charge in [-0.25, -0.2) is 3.63 Å². The molecule has 0 aromatic heterocycles. The van der Waals surface area contributed by atoms with Gasteiger partial charge in [0.1, 0.15) is 0 Å². The van der Waals surface area contributed by atoms with Crippen LogP contribution in [0.2, 0.25) is 0 Å². The summed E-state index contributed by atoms with van der Waals surface area (Å²) in [6, 6.07) is 4.43. The number of benzene rings is 1. The monoisotopic (exact) mass is 680 g/mol. The van der Waals surface area contributed by atoms with Crippen LogP contribution in [-0.4, -0.2) is 66.9 Å². The first-order valence-corrected chi connectivity index (χ1v) is 13.7. The molecule has 0 atom stereocenters. The van der Waals surface area contributed by atoms with Crippen molar-refractivity contribution in [1.29, 1.82) is 0 Å². The van der Waals surface area contributed by atoms with Crippen molar-refractivity contribution in [2.45, 2.75) is 72.6 Å². The Morgan fingerprint density at radius 1 is 0.561 bits per heavy atom. The Morgan fingerprint density at radius 3 is 1.20 bits per heavy atom. The first-order valence-electron chi connectivity index (χ1n) is 10.4. The molecule has 0 bridgehead atoms. The Balaban J connectivity index is 3.79. The molecule has 0 N–H and O–H groups in total. The van der Waals surface area contributed by atoms with Crippen LogP contribution in [0.3, 0.4) is 0 Å². The van der Waals surface area contributed by atoms with Gasteiger partial charge in [-0.1, -0.05) is 41.9 Å². The molecule has 1 rings (SSSR count). The fraction of sp³-hybridized carbons (Fsp3) is 0.684. The summed E-state index contributed by atoms with van der Waals surface area (Å²) in [5, 5.41) is -7.71. The zero-order valence-electron chi connectivity index (χ0n) is 20.2. The minimum Gasteiger partial charge on any atom is -0.211 e. The van der Waals surface area contributed by atoms with E-state index in [2.05, 4.69) is 3.63 Å². The van der Waals surface area contributed by atoms with E-state index in [1.165, 1.54) is 19.1 Å². The summed E-state index contributed by atoms with van der Waals surface area (Å²) in [6.45, 7) is 3.48. The summed E-state index contributed by atoms with van der Waals surface area (Å²) < 4.78 is 258. The van der Waals surface area contributed by atoms with Gasteiger partial charge in [0.05, 0.1) is 0 Å². The molecule has 0 aliphatic heterocycles. The zero-order valence-corrected chi connectivity index (χ0v) is 21.8. The third kappa shape index (κ3) is 5.22. The second kappa shape index (κ2) is 10.5. The van der Waals surface area contributed by atoms with Gasteiger partial charge in [-0.15, -0.1) is 0 Å². The van der Waals surface area contributed by atoms with E-state index in [9.17, 15) is 83.1 Å². The van der Waals surface area contributed by atoms with Gasteiger partial charge < -0.3 is 0 Å². The molecule has 0 aliphatic rings. The largest absolute Gasteiger partial charge is 0.460 e. The van der Waals surface area contributed by atoms with Crippen molar-refractivity contribution >= 4 is 20.4 Å². The molecule has 0 amide bonds. The fourth-order valence-electron chi connectivity index (χ4n) is 2.98. The van der Waals surface area contributed by atoms with Crippen molar-refractivity contribution in [3.63, 3.8) is 0 Å². The first-order chi connectivity index (χ1) is 17.8. The van der Waals surface area contributed by atoms with Crippen LogP contribution in [-0.2, 0) is 13.7 Å². The molecule has 0 heterocycles. The minimum absolute atomic E-state index is 0.326. The lowest BCUT2D eigenvalue weighted by molar-refractivity contribution is -0.458. The molecule has 242 valence electrons. The lowest BCUT2D eigenvalue weighted by Crippen LogP contribution is -2.75. The van der Waals surface area contributed by atoms with E-state index in [4.69, 9.17) is 0 Å². The molecule has 0 fully saturated rings. The summed E-state index contributed by atoms with van der Waals surface area (Å²) in [7, 11) is -11.4. The standard InChI is InChI=1S/C19H17F17O3S2/c1-4-40(5-2,11-8-6-10(3)7-9-11)39-41(37,38)19(35,36)17(30,31)15(26,27)13(22,23)12(20,21)14(24,25)16(28,29)18(32,33)34/h6-9H,4-5H2,1-3H3. The fourth-order valence-corrected chi connectivity index (χ4v) is 7.93. The van der Waals surface area contributed by atoms with Gasteiger partial charge in [0.2, 0.25) is 0 Å². The van der Waals surface area contributed by atoms with Crippen LogP contribution in [0, 0.1) is 6.92 Å². The van der Waals surface area contributed by atoms with Crippen LogP contribution in [0.25, 0.3) is 0 Å². The molecule has 0 aliphatic carbocycles. The van der Waals surface area contributed by atoms with E-state index < -0.39 is 78.9 Å². The zero-order chi connectivity index (χ0) is 33.1. The van der Waals surface area contributed by atoms with E-state index in [1.807, 2.05) is 0 Å². The molecule has 22 heteroatoms. The molecule has 0 unspecified atom stereocenters. The van der Waals surface area contributed by atoms with Crippen LogP contribution in [0.4, 0.5) is 74.6 Å². The molecule has 1 aromatic carbocycles. The maximum absolute atomic E-state index is 14.5. The van der Waals surface area contributed by atoms with Gasteiger partial charge in [-0.2, -0.15) is 83.1 Å². The van der Waals surface area contributed by atoms with Gasteiger partial charge in [-0.05, 0) is 19.1 Å². The topological polar surface area (TPSA) is 43.4 Å². The summed E-state index contributed by atoms with van der Waals surface area (Å²) in [5.74, 6) is -53.3. The lowest BCUT2D eigenvalue weighted by Gasteiger charge is -2.43. The number of aryl methyl sites for hydroxylation is 1. The van der Waals surface area contributed by atoms with Crippen molar-refractivity contribution < 1.29 is 86.7 Å². The maximum Gasteiger partial charge on any atom is 0.460 e. The van der Waals surface area contributed by atoms with E-state index >= 15 is 0 Å². The van der Waals surface area contributed by atoms with Gasteiger partial charge >= 0.3 is 57.1 Å². The SMILES string of the molecule is CCS(CC)(OS(=O)(=O)C(F)(F)C(F)(F)C(F)(F)C(F)(F)C(F)(F)C(F)(F)C(F)(F)C(F)(F)F)c1ccc(C)cc1. The highest BCUT2D eigenvalue weighted by Crippen LogP contribution is 2.66. The second-order valence-electron chi connectivity index (χ2n) is 8.19. The smallest absolute Gasteiger partial charge is 0.211 e. The highest BCUT2D eigenvalue weighted by Gasteiger charge is 2.96. The van der Waals surface area contributed by atoms with E-state index in [-0.39, 0.29) is 4.90 Å². The molecule has 0 radical (unpaired) electrons. The van der Waals surface area contributed by atoms with Crippen LogP contribution in [0.1, 0.15) is 19.4 Å². The normalized spacial score (nSPS) is 16.2. The molecule has 41 heavy (non-hydrogen) atoms. The third-order valence-electron chi connectivity index (χ3n) is 5.61. The Bertz CT molecular complexity index is 1190. The third-order valence-corrected chi connectivity index (χ3v) is 11.2. The van der Waals surface area contributed by atoms with E-state index in [0.717, 1.165) is 26.0 Å². The Morgan fingerprint density at radius 2 is 0.878 bits per heavy atom. The molecule has 0 saturated heterocycles. The first kappa shape index (κ1) is 37.3. The molecular weight excluding hydrogens is 663 g/mol. The number of rotatable bonds is 12. The second-order valence-corrected chi connectivity index (χ2v) is 13.4. The molecule has 1 aromatic rings. The summed E-state index contributed by atoms with van der Waals surface area (Å²) in [6.07, 6.45) is -7.89. The predicted molar refractivity (Wildman–Crippen MR) is 109 cm³/mol. The highest BCUT2D eigenvalue weighted by atomic mass is 32.3. The summed E-state index contributed by atoms with van der Waals surface area (Å²) >= 11 is 0. The van der Waals surface area contributed by atoms with Crippen molar-refractivity contribution in [2.75, 3.05) is 11.5 Å². The average Bonchev–Trinajstić information content (AvgIpc) is 2.81. The van der Waals surface area contributed by atoms with Crippen molar-refractivity contribution in [1.82, 2.24) is 0 Å². The summed E-state index contributed by atoms with van der Waals surface area (Å²) in [4.78, 5) is -0.326. The lowest BCUT2D eigenvalue weighted by atomic mass is 9.91. The maximum atomic E-state index is 14.5. The number of alkyl halides is 17. The van der Waals surface area contributed by atoms with Crippen LogP contribution in [0.5, 0.6) is 0 Å². The van der Waals surface area contributed by atoms with Gasteiger partial charge in [-0.3, -0.25) is 0 Å². The predicted octanol–water partition coefficient (Wildman–Crippen LogP) is 8.43. The van der Waals surface area contributed by atoms with Crippen LogP contribution in [0.15, 0.2) is 29.2 Å². The average molecular weight is 680 g/mol.